The van der Waals surface area contributed by atoms with Crippen LogP contribution in [-0.4, -0.2) is 21.6 Å². The Kier molecular flexibility index (Phi) is 5.96. The number of hydrogen-bond acceptors (Lipinski definition) is 6. The monoisotopic (exact) mass is 361 g/mol. The lowest BCUT2D eigenvalue weighted by atomic mass is 10.1. The third-order valence-corrected chi connectivity index (χ3v) is 4.96. The average Bonchev–Trinajstić information content (AvgIpc) is 2.85. The molecule has 0 spiro atoms. The summed E-state index contributed by atoms with van der Waals surface area (Å²) in [6, 6.07) is 2.10. The van der Waals surface area contributed by atoms with E-state index >= 15 is 0 Å². The van der Waals surface area contributed by atoms with Gasteiger partial charge in [-0.3, -0.25) is 9.36 Å². The molecule has 0 aliphatic carbocycles. The topological polar surface area (TPSA) is 85.0 Å². The Morgan fingerprint density at radius 1 is 1.36 bits per heavy atom. The SMILES string of the molecule is Cc1c(C(=O)OC(C)C)sc2nc(C(C)C)n(CCCC#N)c(=O)c12. The summed E-state index contributed by atoms with van der Waals surface area (Å²) in [7, 11) is 0. The Hall–Kier alpha value is -2.20. The van der Waals surface area contributed by atoms with Crippen molar-refractivity contribution in [2.24, 2.45) is 0 Å². The van der Waals surface area contributed by atoms with Crippen molar-refractivity contribution >= 4 is 27.5 Å². The summed E-state index contributed by atoms with van der Waals surface area (Å²) in [6.07, 6.45) is 0.754. The highest BCUT2D eigenvalue weighted by Crippen LogP contribution is 2.29. The summed E-state index contributed by atoms with van der Waals surface area (Å²) in [6.45, 7) is 9.73. The molecule has 0 aliphatic heterocycles. The van der Waals surface area contributed by atoms with Crippen LogP contribution < -0.4 is 5.56 Å². The van der Waals surface area contributed by atoms with Crippen molar-refractivity contribution in [2.75, 3.05) is 0 Å². The van der Waals surface area contributed by atoms with E-state index < -0.39 is 5.97 Å². The molecule has 0 saturated heterocycles. The number of hydrogen-bond donors (Lipinski definition) is 0. The molecule has 0 aromatic carbocycles. The van der Waals surface area contributed by atoms with Crippen molar-refractivity contribution in [1.29, 1.82) is 5.26 Å². The van der Waals surface area contributed by atoms with Crippen molar-refractivity contribution in [3.63, 3.8) is 0 Å². The van der Waals surface area contributed by atoms with Gasteiger partial charge in [0.25, 0.3) is 5.56 Å². The maximum absolute atomic E-state index is 13.0. The van der Waals surface area contributed by atoms with Gasteiger partial charge in [0.05, 0.1) is 17.6 Å². The number of carbonyl (C=O) groups is 1. The number of thiophene rings is 1. The molecule has 6 nitrogen and oxygen atoms in total. The van der Waals surface area contributed by atoms with Gasteiger partial charge in [-0.1, -0.05) is 13.8 Å². The molecule has 0 unspecified atom stereocenters. The van der Waals surface area contributed by atoms with Crippen LogP contribution in [0.15, 0.2) is 4.79 Å². The minimum Gasteiger partial charge on any atom is -0.459 e. The van der Waals surface area contributed by atoms with Crippen molar-refractivity contribution in [2.45, 2.75) is 66.0 Å². The third-order valence-electron chi connectivity index (χ3n) is 3.79. The first-order valence-electron chi connectivity index (χ1n) is 8.39. The minimum absolute atomic E-state index is 0.0626. The number of esters is 1. The van der Waals surface area contributed by atoms with E-state index in [1.165, 1.54) is 11.3 Å². The highest BCUT2D eigenvalue weighted by atomic mass is 32.1. The van der Waals surface area contributed by atoms with Crippen LogP contribution in [0.2, 0.25) is 0 Å². The molecule has 2 aromatic rings. The lowest BCUT2D eigenvalue weighted by Crippen LogP contribution is -2.26. The Labute approximate surface area is 151 Å². The lowest BCUT2D eigenvalue weighted by Gasteiger charge is -2.14. The number of rotatable bonds is 6. The van der Waals surface area contributed by atoms with Crippen LogP contribution in [0.1, 0.15) is 67.5 Å². The molecule has 0 aliphatic rings. The van der Waals surface area contributed by atoms with Crippen LogP contribution in [0, 0.1) is 18.3 Å². The van der Waals surface area contributed by atoms with Crippen molar-refractivity contribution in [3.8, 4) is 6.07 Å². The second-order valence-electron chi connectivity index (χ2n) is 6.53. The number of nitriles is 1. The summed E-state index contributed by atoms with van der Waals surface area (Å²) in [5, 5.41) is 9.22. The standard InChI is InChI=1S/C18H23N3O3S/c1-10(2)15-20-16-13(17(22)21(15)9-7-6-8-19)12(5)14(25-16)18(23)24-11(3)4/h10-11H,6-7,9H2,1-5H3. The zero-order valence-corrected chi connectivity index (χ0v) is 16.1. The number of ether oxygens (including phenoxy) is 1. The lowest BCUT2D eigenvalue weighted by molar-refractivity contribution is 0.0383. The zero-order valence-electron chi connectivity index (χ0n) is 15.3. The van der Waals surface area contributed by atoms with Gasteiger partial charge >= 0.3 is 5.97 Å². The second kappa shape index (κ2) is 7.79. The van der Waals surface area contributed by atoms with Gasteiger partial charge < -0.3 is 4.74 Å². The van der Waals surface area contributed by atoms with Crippen molar-refractivity contribution < 1.29 is 9.53 Å². The van der Waals surface area contributed by atoms with E-state index in [1.54, 1.807) is 25.3 Å². The van der Waals surface area contributed by atoms with Crippen LogP contribution in [-0.2, 0) is 11.3 Å². The number of fused-ring (bicyclic) bond motifs is 1. The summed E-state index contributed by atoms with van der Waals surface area (Å²) in [5.41, 5.74) is 0.469. The van der Waals surface area contributed by atoms with Gasteiger partial charge in [-0.25, -0.2) is 9.78 Å². The number of carbonyl (C=O) groups excluding carboxylic acids is 1. The summed E-state index contributed by atoms with van der Waals surface area (Å²) in [4.78, 5) is 31.0. The van der Waals surface area contributed by atoms with Crippen LogP contribution in [0.4, 0.5) is 0 Å². The molecule has 0 radical (unpaired) electrons. The smallest absolute Gasteiger partial charge is 0.348 e. The van der Waals surface area contributed by atoms with Gasteiger partial charge in [-0.2, -0.15) is 5.26 Å². The molecular formula is C18H23N3O3S. The Bertz CT molecular complexity index is 888. The van der Waals surface area contributed by atoms with E-state index in [-0.39, 0.29) is 17.6 Å². The second-order valence-corrected chi connectivity index (χ2v) is 7.53. The fourth-order valence-corrected chi connectivity index (χ4v) is 3.73. The molecular weight excluding hydrogens is 338 g/mol. The summed E-state index contributed by atoms with van der Waals surface area (Å²) >= 11 is 1.21. The van der Waals surface area contributed by atoms with E-state index in [0.717, 1.165) is 0 Å². The largest absolute Gasteiger partial charge is 0.459 e. The van der Waals surface area contributed by atoms with Crippen LogP contribution in [0.3, 0.4) is 0 Å². The van der Waals surface area contributed by atoms with E-state index in [0.29, 0.717) is 45.9 Å². The highest BCUT2D eigenvalue weighted by molar-refractivity contribution is 7.20. The molecule has 134 valence electrons. The Morgan fingerprint density at radius 2 is 2.04 bits per heavy atom. The molecule has 25 heavy (non-hydrogen) atoms. The van der Waals surface area contributed by atoms with Crippen LogP contribution in [0.25, 0.3) is 10.2 Å². The Morgan fingerprint density at radius 3 is 2.60 bits per heavy atom. The quantitative estimate of drug-likeness (QED) is 0.578. The molecule has 0 N–H and O–H groups in total. The van der Waals surface area contributed by atoms with Gasteiger partial charge in [0.1, 0.15) is 15.5 Å². The van der Waals surface area contributed by atoms with Gasteiger partial charge in [0.2, 0.25) is 0 Å². The average molecular weight is 361 g/mol. The molecule has 0 amide bonds. The molecule has 2 aromatic heterocycles. The molecule has 0 bridgehead atoms. The maximum atomic E-state index is 13.0. The first-order chi connectivity index (χ1) is 11.8. The summed E-state index contributed by atoms with van der Waals surface area (Å²) < 4.78 is 6.91. The predicted molar refractivity (Wildman–Crippen MR) is 98.1 cm³/mol. The fourth-order valence-electron chi connectivity index (χ4n) is 2.67. The van der Waals surface area contributed by atoms with E-state index in [9.17, 15) is 9.59 Å². The molecule has 2 heterocycles. The molecule has 7 heteroatoms. The van der Waals surface area contributed by atoms with Gasteiger partial charge in [0.15, 0.2) is 0 Å². The number of unbranched alkanes of at least 4 members (excludes halogenated alkanes) is 1. The minimum atomic E-state index is -0.419. The number of aryl methyl sites for hydroxylation is 1. The van der Waals surface area contributed by atoms with Crippen LogP contribution >= 0.6 is 11.3 Å². The number of aromatic nitrogens is 2. The van der Waals surface area contributed by atoms with E-state index in [2.05, 4.69) is 11.1 Å². The predicted octanol–water partition coefficient (Wildman–Crippen LogP) is 3.76. The van der Waals surface area contributed by atoms with Crippen LogP contribution in [0.5, 0.6) is 0 Å². The van der Waals surface area contributed by atoms with Gasteiger partial charge in [-0.15, -0.1) is 11.3 Å². The summed E-state index contributed by atoms with van der Waals surface area (Å²) in [5.74, 6) is 0.324. The first-order valence-corrected chi connectivity index (χ1v) is 9.21. The number of nitrogens with zero attached hydrogens (tertiary/aromatic N) is 3. The van der Waals surface area contributed by atoms with E-state index in [4.69, 9.17) is 10.00 Å². The Balaban J connectivity index is 2.62. The fraction of sp³-hybridized carbons (Fsp3) is 0.556. The first kappa shape index (κ1) is 19.1. The maximum Gasteiger partial charge on any atom is 0.348 e. The van der Waals surface area contributed by atoms with E-state index in [1.807, 2.05) is 13.8 Å². The van der Waals surface area contributed by atoms with Gasteiger partial charge in [-0.05, 0) is 32.8 Å². The molecule has 0 atom stereocenters. The van der Waals surface area contributed by atoms with Crippen molar-refractivity contribution in [3.05, 3.63) is 26.6 Å². The highest BCUT2D eigenvalue weighted by Gasteiger charge is 2.23. The van der Waals surface area contributed by atoms with Crippen molar-refractivity contribution in [1.82, 2.24) is 9.55 Å². The normalized spacial score (nSPS) is 11.3. The third kappa shape index (κ3) is 3.90. The molecule has 0 fully saturated rings. The van der Waals surface area contributed by atoms with Gasteiger partial charge in [0, 0.05) is 18.9 Å². The molecule has 0 saturated carbocycles. The molecule has 2 rings (SSSR count). The zero-order chi connectivity index (χ0) is 18.7.